The van der Waals surface area contributed by atoms with Crippen LogP contribution in [-0.2, 0) is 14.8 Å². The van der Waals surface area contributed by atoms with E-state index in [0.717, 1.165) is 29.4 Å². The number of nitrogens with one attached hydrogen (secondary N) is 1. The van der Waals surface area contributed by atoms with Crippen molar-refractivity contribution >= 4 is 44.1 Å². The standard InChI is InChI=1S/C23H22ClN3O4S/c24-19-8-7-16(13-22(19)32(29,30)27-9-11-31-12-10-27)25-23(28)18-14-21(15-5-6-15)26-20-4-2-1-3-17(18)20/h1-4,7-8,13-15H,5-6,9-12H2,(H,25,28). The van der Waals surface area contributed by atoms with Crippen molar-refractivity contribution in [2.45, 2.75) is 23.7 Å². The van der Waals surface area contributed by atoms with Crippen molar-refractivity contribution in [3.63, 3.8) is 0 Å². The molecule has 2 aliphatic rings. The zero-order valence-electron chi connectivity index (χ0n) is 17.3. The number of para-hydroxylation sites is 1. The number of pyridine rings is 1. The van der Waals surface area contributed by atoms with Gasteiger partial charge in [0, 0.05) is 35.8 Å². The van der Waals surface area contributed by atoms with Crippen LogP contribution in [0.2, 0.25) is 5.02 Å². The summed E-state index contributed by atoms with van der Waals surface area (Å²) >= 11 is 6.24. The maximum absolute atomic E-state index is 13.2. The molecule has 0 unspecified atom stereocenters. The quantitative estimate of drug-likeness (QED) is 0.606. The number of benzene rings is 2. The van der Waals surface area contributed by atoms with Gasteiger partial charge < -0.3 is 10.1 Å². The Hall–Kier alpha value is -2.52. The molecule has 0 atom stereocenters. The Bertz CT molecular complexity index is 1300. The summed E-state index contributed by atoms with van der Waals surface area (Å²) in [7, 11) is -3.80. The van der Waals surface area contributed by atoms with Crippen molar-refractivity contribution in [2.24, 2.45) is 0 Å². The average Bonchev–Trinajstić information content (AvgIpc) is 3.65. The van der Waals surface area contributed by atoms with Crippen LogP contribution in [0.3, 0.4) is 0 Å². The number of halogens is 1. The predicted molar refractivity (Wildman–Crippen MR) is 123 cm³/mol. The number of morpholine rings is 1. The Morgan fingerprint density at radius 1 is 1.09 bits per heavy atom. The lowest BCUT2D eigenvalue weighted by molar-refractivity contribution is 0.0730. The van der Waals surface area contributed by atoms with Crippen LogP contribution >= 0.6 is 11.6 Å². The number of anilines is 1. The molecule has 5 rings (SSSR count). The van der Waals surface area contributed by atoms with Crippen LogP contribution in [0, 0.1) is 0 Å². The molecule has 7 nitrogen and oxygen atoms in total. The van der Waals surface area contributed by atoms with Crippen LogP contribution in [0.25, 0.3) is 10.9 Å². The van der Waals surface area contributed by atoms with Gasteiger partial charge in [-0.1, -0.05) is 29.8 Å². The van der Waals surface area contributed by atoms with Gasteiger partial charge in [0.05, 0.1) is 29.3 Å². The van der Waals surface area contributed by atoms with Gasteiger partial charge in [-0.05, 0) is 43.2 Å². The Kier molecular flexibility index (Phi) is 5.63. The fourth-order valence-corrected chi connectivity index (χ4v) is 5.78. The van der Waals surface area contributed by atoms with Crippen LogP contribution < -0.4 is 5.32 Å². The van der Waals surface area contributed by atoms with Gasteiger partial charge in [0.2, 0.25) is 10.0 Å². The molecular formula is C23H22ClN3O4S. The third-order valence-corrected chi connectivity index (χ3v) is 8.13. The van der Waals surface area contributed by atoms with Gasteiger partial charge in [-0.2, -0.15) is 4.31 Å². The highest BCUT2D eigenvalue weighted by atomic mass is 35.5. The van der Waals surface area contributed by atoms with Crippen molar-refractivity contribution in [2.75, 3.05) is 31.6 Å². The number of sulfonamides is 1. The monoisotopic (exact) mass is 471 g/mol. The number of fused-ring (bicyclic) bond motifs is 1. The molecule has 0 radical (unpaired) electrons. The zero-order chi connectivity index (χ0) is 22.3. The van der Waals surface area contributed by atoms with Crippen LogP contribution in [-0.4, -0.2) is 49.9 Å². The summed E-state index contributed by atoms with van der Waals surface area (Å²) in [4.78, 5) is 17.9. The molecule has 2 fully saturated rings. The molecule has 3 aromatic rings. The largest absolute Gasteiger partial charge is 0.379 e. The number of aromatic nitrogens is 1. The molecule has 32 heavy (non-hydrogen) atoms. The molecule has 0 spiro atoms. The van der Waals surface area contributed by atoms with Crippen molar-refractivity contribution in [3.8, 4) is 0 Å². The minimum atomic E-state index is -3.80. The van der Waals surface area contributed by atoms with E-state index in [1.165, 1.54) is 16.4 Å². The average molecular weight is 472 g/mol. The Balaban J connectivity index is 1.47. The van der Waals surface area contributed by atoms with Crippen molar-refractivity contribution in [3.05, 3.63) is 64.8 Å². The van der Waals surface area contributed by atoms with Gasteiger partial charge in [-0.3, -0.25) is 9.78 Å². The van der Waals surface area contributed by atoms with E-state index in [1.54, 1.807) is 6.07 Å². The normalized spacial score (nSPS) is 17.4. The first kappa shape index (κ1) is 21.3. The number of hydrogen-bond acceptors (Lipinski definition) is 5. The highest BCUT2D eigenvalue weighted by molar-refractivity contribution is 7.89. The van der Waals surface area contributed by atoms with E-state index < -0.39 is 10.0 Å². The zero-order valence-corrected chi connectivity index (χ0v) is 18.8. The maximum Gasteiger partial charge on any atom is 0.256 e. The molecule has 1 aromatic heterocycles. The van der Waals surface area contributed by atoms with Crippen LogP contribution in [0.4, 0.5) is 5.69 Å². The molecule has 1 saturated heterocycles. The molecule has 2 heterocycles. The SMILES string of the molecule is O=C(Nc1ccc(Cl)c(S(=O)(=O)N2CCOCC2)c1)c1cc(C2CC2)nc2ccccc12. The Labute approximate surface area is 191 Å². The fraction of sp³-hybridized carbons (Fsp3) is 0.304. The molecule has 1 saturated carbocycles. The third-order valence-electron chi connectivity index (χ3n) is 5.75. The number of nitrogens with zero attached hydrogens (tertiary/aromatic N) is 2. The van der Waals surface area contributed by atoms with E-state index in [0.29, 0.717) is 30.4 Å². The molecular weight excluding hydrogens is 450 g/mol. The molecule has 1 amide bonds. The van der Waals surface area contributed by atoms with Crippen molar-refractivity contribution < 1.29 is 17.9 Å². The number of carbonyl (C=O) groups excluding carboxylic acids is 1. The Morgan fingerprint density at radius 2 is 1.84 bits per heavy atom. The number of carbonyl (C=O) groups is 1. The van der Waals surface area contributed by atoms with Gasteiger partial charge >= 0.3 is 0 Å². The summed E-state index contributed by atoms with van der Waals surface area (Å²) in [5, 5.41) is 3.71. The highest BCUT2D eigenvalue weighted by Gasteiger charge is 2.29. The molecule has 1 aliphatic carbocycles. The number of rotatable bonds is 5. The second-order valence-corrected chi connectivity index (χ2v) is 10.3. The summed E-state index contributed by atoms with van der Waals surface area (Å²) in [6.07, 6.45) is 2.15. The Morgan fingerprint density at radius 3 is 2.59 bits per heavy atom. The van der Waals surface area contributed by atoms with Gasteiger partial charge in [-0.25, -0.2) is 8.42 Å². The van der Waals surface area contributed by atoms with Crippen molar-refractivity contribution in [1.82, 2.24) is 9.29 Å². The smallest absolute Gasteiger partial charge is 0.256 e. The summed E-state index contributed by atoms with van der Waals surface area (Å²) in [5.74, 6) is 0.0782. The molecule has 2 aromatic carbocycles. The second-order valence-electron chi connectivity index (χ2n) is 8.00. The molecule has 1 aliphatic heterocycles. The second kappa shape index (κ2) is 8.44. The minimum Gasteiger partial charge on any atom is -0.379 e. The topological polar surface area (TPSA) is 88.6 Å². The van der Waals surface area contributed by atoms with Gasteiger partial charge in [-0.15, -0.1) is 0 Å². The summed E-state index contributed by atoms with van der Waals surface area (Å²) in [6.45, 7) is 1.21. The minimum absolute atomic E-state index is 0.0304. The van der Waals surface area contributed by atoms with E-state index in [-0.39, 0.29) is 28.9 Å². The highest BCUT2D eigenvalue weighted by Crippen LogP contribution is 2.40. The molecule has 1 N–H and O–H groups in total. The molecule has 166 valence electrons. The third kappa shape index (κ3) is 4.11. The van der Waals surface area contributed by atoms with Crippen LogP contribution in [0.5, 0.6) is 0 Å². The first-order valence-corrected chi connectivity index (χ1v) is 12.3. The van der Waals surface area contributed by atoms with Crippen molar-refractivity contribution in [1.29, 1.82) is 0 Å². The number of ether oxygens (including phenoxy) is 1. The fourth-order valence-electron chi connectivity index (χ4n) is 3.88. The first-order valence-electron chi connectivity index (χ1n) is 10.5. The van der Waals surface area contributed by atoms with Crippen LogP contribution in [0.15, 0.2) is 53.4 Å². The maximum atomic E-state index is 13.2. The molecule has 9 heteroatoms. The lowest BCUT2D eigenvalue weighted by Gasteiger charge is -2.26. The lowest BCUT2D eigenvalue weighted by Crippen LogP contribution is -2.40. The van der Waals surface area contributed by atoms with E-state index in [1.807, 2.05) is 30.3 Å². The number of hydrogen-bond donors (Lipinski definition) is 1. The van der Waals surface area contributed by atoms with Gasteiger partial charge in [0.25, 0.3) is 5.91 Å². The molecule has 0 bridgehead atoms. The van der Waals surface area contributed by atoms with Gasteiger partial charge in [0.1, 0.15) is 4.90 Å². The predicted octanol–water partition coefficient (Wildman–Crippen LogP) is 4.04. The number of amides is 1. The summed E-state index contributed by atoms with van der Waals surface area (Å²) < 4.78 is 32.8. The lowest BCUT2D eigenvalue weighted by atomic mass is 10.1. The van der Waals surface area contributed by atoms with E-state index >= 15 is 0 Å². The van der Waals surface area contributed by atoms with Crippen LogP contribution in [0.1, 0.15) is 34.8 Å². The van der Waals surface area contributed by atoms with E-state index in [2.05, 4.69) is 5.32 Å². The van der Waals surface area contributed by atoms with E-state index in [9.17, 15) is 13.2 Å². The first-order chi connectivity index (χ1) is 15.4. The van der Waals surface area contributed by atoms with Gasteiger partial charge in [0.15, 0.2) is 0 Å². The summed E-state index contributed by atoms with van der Waals surface area (Å²) in [6, 6.07) is 13.9. The summed E-state index contributed by atoms with van der Waals surface area (Å²) in [5.41, 5.74) is 2.57. The van der Waals surface area contributed by atoms with E-state index in [4.69, 9.17) is 21.3 Å².